The van der Waals surface area contributed by atoms with Gasteiger partial charge in [-0.3, -0.25) is 9.59 Å². The Bertz CT molecular complexity index is 2580. The van der Waals surface area contributed by atoms with E-state index in [-0.39, 0.29) is 18.5 Å². The number of rotatable bonds is 1. The van der Waals surface area contributed by atoms with Crippen molar-refractivity contribution in [3.8, 4) is 0 Å². The van der Waals surface area contributed by atoms with Crippen LogP contribution in [-0.4, -0.2) is 30.8 Å². The molecule has 4 rings (SSSR count). The van der Waals surface area contributed by atoms with Gasteiger partial charge in [0.15, 0.2) is 0 Å². The number of pyridine rings is 4. The molecule has 0 spiro atoms. The summed E-state index contributed by atoms with van der Waals surface area (Å²) in [4.78, 5) is 36.0. The Balaban J connectivity index is 0. The molecule has 0 aromatic carbocycles. The molecule has 1 radical (unpaired) electrons. The first kappa shape index (κ1) is 49.7. The Morgan fingerprint density at radius 1 is 0.736 bits per heavy atom. The van der Waals surface area contributed by atoms with E-state index in [1.54, 1.807) is 19.3 Å². The van der Waals surface area contributed by atoms with Crippen molar-refractivity contribution >= 4 is 105 Å². The molecule has 53 heavy (non-hydrogen) atoms. The summed E-state index contributed by atoms with van der Waals surface area (Å²) in [5, 5.41) is 2.49. The van der Waals surface area contributed by atoms with Crippen LogP contribution >= 0.6 is 75.1 Å². The van der Waals surface area contributed by atoms with E-state index in [9.17, 15) is 9.59 Å². The maximum absolute atomic E-state index is 11.3. The molecule has 4 heterocycles. The van der Waals surface area contributed by atoms with Crippen molar-refractivity contribution in [2.75, 3.05) is 0 Å². The quantitative estimate of drug-likeness (QED) is 0.0768. The second-order valence-electron chi connectivity index (χ2n) is 8.19. The number of hydrogen-bond acceptors (Lipinski definition) is 6. The fourth-order valence-electron chi connectivity index (χ4n) is 2.82. The van der Waals surface area contributed by atoms with Gasteiger partial charge in [0.2, 0.25) is 0 Å². The number of hydrogen-bond donors (Lipinski definition) is 3. The van der Waals surface area contributed by atoms with Crippen molar-refractivity contribution in [2.45, 2.75) is 22.9 Å². The number of nitrogens with one attached hydrogen (secondary N) is 2. The molecule has 0 aliphatic rings. The summed E-state index contributed by atoms with van der Waals surface area (Å²) in [6.07, 6.45) is 3.32. The molecule has 0 saturated heterocycles. The number of aromatic nitrogens is 4. The molecule has 4 aromatic heterocycles. The third kappa shape index (κ3) is 27.0. The second-order valence-corrected chi connectivity index (χ2v) is 12.4. The predicted octanol–water partition coefficient (Wildman–Crippen LogP) is 9.86. The van der Waals surface area contributed by atoms with Gasteiger partial charge in [-0.15, -0.1) is 0 Å². The number of thiol groups is 1. The van der Waals surface area contributed by atoms with Gasteiger partial charge in [-0.25, -0.2) is 9.97 Å². The van der Waals surface area contributed by atoms with E-state index in [0.717, 1.165) is 21.9 Å². The Labute approximate surface area is 340 Å². The minimum atomic E-state index is -1.61. The van der Waals surface area contributed by atoms with Gasteiger partial charge < -0.3 is 9.97 Å². The number of aromatic amines is 2. The molecule has 7 nitrogen and oxygen atoms in total. The van der Waals surface area contributed by atoms with Crippen LogP contribution in [0.5, 0.6) is 0 Å². The van der Waals surface area contributed by atoms with Crippen molar-refractivity contribution in [2.24, 2.45) is 4.30 Å². The van der Waals surface area contributed by atoms with Crippen LogP contribution in [0, 0.1) is 6.92 Å². The first-order valence-corrected chi connectivity index (χ1v) is 16.5. The molecular weight excluding hydrogens is 835 g/mol. The normalized spacial score (nSPS) is 7.66. The third-order valence-electron chi connectivity index (χ3n) is 4.69. The number of alkyl halides is 5. The van der Waals surface area contributed by atoms with Gasteiger partial charge in [-0.2, -0.15) is 0 Å². The standard InChI is InChI=1S/C19H4.C9H7BrN2O.C9H8N2O.CCl4.CH4.BHNS/c1-3-5-7-9-11-13-15-17-19-18-16-14-12-10-8-6-4-2;10-5-7-4-6-2-1-3-11-8(6)12-9(7)13;1-6-5-7-3-2-4-10-8(7)11-9(6)12;2-1(3,4)5;;1-2-3/h1-2H2;1-4H,5H2,(H,11,12,13);2-5H,1H3,(H,10,11,12);;1H4;3H. The topological polar surface area (TPSA) is 104 Å². The van der Waals surface area contributed by atoms with Crippen LogP contribution in [-0.2, 0) is 5.33 Å². The molecular formula is C39H24BBrCl4N5O2S. The van der Waals surface area contributed by atoms with Crippen molar-refractivity contribution in [3.63, 3.8) is 0 Å². The molecule has 0 aliphatic carbocycles. The minimum absolute atomic E-state index is 0. The number of halogens is 5. The fourth-order valence-corrected chi connectivity index (χ4v) is 3.23. The zero-order valence-electron chi connectivity index (χ0n) is 26.8. The molecule has 0 amide bonds. The predicted molar refractivity (Wildman–Crippen MR) is 223 cm³/mol. The Morgan fingerprint density at radius 2 is 1.06 bits per heavy atom. The van der Waals surface area contributed by atoms with Gasteiger partial charge in [0.25, 0.3) is 14.4 Å². The maximum atomic E-state index is 11.3. The summed E-state index contributed by atoms with van der Waals surface area (Å²) in [6.45, 7) is 8.37. The van der Waals surface area contributed by atoms with E-state index in [1.807, 2.05) is 36.4 Å². The summed E-state index contributed by atoms with van der Waals surface area (Å²) in [5.74, 6) is 0. The average molecular weight is 859 g/mol. The Hall–Kier alpha value is -5.43. The first-order chi connectivity index (χ1) is 24.9. The van der Waals surface area contributed by atoms with Crippen LogP contribution in [0.1, 0.15) is 18.6 Å². The zero-order valence-corrected chi connectivity index (χ0v) is 32.3. The molecule has 4 aromatic rings. The van der Waals surface area contributed by atoms with Crippen LogP contribution in [0.25, 0.3) is 22.1 Å². The first-order valence-electron chi connectivity index (χ1n) is 13.5. The zero-order chi connectivity index (χ0) is 39.0. The van der Waals surface area contributed by atoms with Crippen molar-refractivity contribution in [3.05, 3.63) is 191 Å². The SMILES string of the molecule is C.C=C=C=C=C=C=C=C=C=C=C=C=C=C=C=C=C=C=C.Cc1cc2cccnc2[nH]c1=O.ClC(Cl)(Cl)Cl.O=c1[nH]c2ncccc2cc1CBr.[B]=NS. The number of aryl methyl sites for hydroxylation is 1. The van der Waals surface area contributed by atoms with Crippen molar-refractivity contribution in [1.82, 2.24) is 19.9 Å². The summed E-state index contributed by atoms with van der Waals surface area (Å²) >= 11 is 25.8. The fraction of sp³-hybridized carbons (Fsp3) is 0.103. The molecule has 261 valence electrons. The molecule has 0 fully saturated rings. The summed E-state index contributed by atoms with van der Waals surface area (Å²) in [5.41, 5.74) is 44.5. The summed E-state index contributed by atoms with van der Waals surface area (Å²) in [6, 6.07) is 11.2. The number of H-pyrrole nitrogens is 2. The van der Waals surface area contributed by atoms with Crippen molar-refractivity contribution in [1.29, 1.82) is 0 Å². The van der Waals surface area contributed by atoms with E-state index >= 15 is 0 Å². The number of fused-ring (bicyclic) bond motifs is 2. The number of nitrogens with zero attached hydrogens (tertiary/aromatic N) is 3. The molecule has 0 atom stereocenters. The van der Waals surface area contributed by atoms with Gasteiger partial charge in [-0.1, -0.05) is 81.2 Å². The van der Waals surface area contributed by atoms with Gasteiger partial charge >= 0.3 is 24.8 Å². The van der Waals surface area contributed by atoms with E-state index in [2.05, 4.69) is 171 Å². The van der Waals surface area contributed by atoms with Crippen molar-refractivity contribution < 1.29 is 0 Å². The van der Waals surface area contributed by atoms with Gasteiger partial charge in [0.1, 0.15) is 11.3 Å². The molecule has 2 N–H and O–H groups in total. The van der Waals surface area contributed by atoms with E-state index in [0.29, 0.717) is 16.6 Å². The molecule has 0 bridgehead atoms. The van der Waals surface area contributed by atoms with Gasteiger partial charge in [0.05, 0.1) is 0 Å². The molecule has 14 heteroatoms. The second kappa shape index (κ2) is 31.3. The monoisotopic (exact) mass is 856 g/mol. The van der Waals surface area contributed by atoms with E-state index in [1.165, 1.54) is 0 Å². The van der Waals surface area contributed by atoms with Crippen LogP contribution < -0.4 is 11.1 Å². The summed E-state index contributed by atoms with van der Waals surface area (Å²) in [7, 11) is 4.34. The molecule has 0 aliphatic heterocycles. The van der Waals surface area contributed by atoms with E-state index < -0.39 is 3.25 Å². The third-order valence-corrected chi connectivity index (χ3v) is 5.29. The van der Waals surface area contributed by atoms with Crippen LogP contribution in [0.2, 0.25) is 0 Å². The van der Waals surface area contributed by atoms with Gasteiger partial charge in [0, 0.05) is 39.6 Å². The molecule has 0 unspecified atom stereocenters. The van der Waals surface area contributed by atoms with Crippen LogP contribution in [0.15, 0.2) is 173 Å². The van der Waals surface area contributed by atoms with E-state index in [4.69, 9.17) is 46.4 Å². The van der Waals surface area contributed by atoms with Crippen LogP contribution in [0.4, 0.5) is 0 Å². The average Bonchev–Trinajstić information content (AvgIpc) is 3.10. The molecule has 0 saturated carbocycles. The Morgan fingerprint density at radius 3 is 1.40 bits per heavy atom. The van der Waals surface area contributed by atoms with Crippen LogP contribution in [0.3, 0.4) is 0 Å². The Kier molecular flexibility index (Phi) is 29.4. The summed E-state index contributed by atoms with van der Waals surface area (Å²) < 4.78 is 1.08. The van der Waals surface area contributed by atoms with Gasteiger partial charge in [-0.05, 0) is 142 Å².